The van der Waals surface area contributed by atoms with Crippen molar-refractivity contribution >= 4 is 5.97 Å². The first-order valence-electron chi connectivity index (χ1n) is 9.91. The third kappa shape index (κ3) is 11.5. The van der Waals surface area contributed by atoms with Crippen LogP contribution in [0.5, 0.6) is 0 Å². The van der Waals surface area contributed by atoms with Gasteiger partial charge in [0.15, 0.2) is 0 Å². The maximum Gasteiger partial charge on any atom is 0.353 e. The maximum absolute atomic E-state index is 11.8. The summed E-state index contributed by atoms with van der Waals surface area (Å²) in [6, 6.07) is 1.72. The number of unbranched alkanes of at least 4 members (excludes halogenated alkanes) is 11. The quantitative estimate of drug-likeness (QED) is 0.236. The molecule has 0 rings (SSSR count). The summed E-state index contributed by atoms with van der Waals surface area (Å²) in [5, 5.41) is 19.2. The number of carbonyl (C=O) groups excluding carboxylic acids is 1. The number of ether oxygens (including phenoxy) is 1. The molecule has 0 fully saturated rings. The van der Waals surface area contributed by atoms with Gasteiger partial charge in [-0.05, 0) is 12.8 Å². The Morgan fingerprint density at radius 1 is 0.875 bits per heavy atom. The molecule has 0 heterocycles. The average Bonchev–Trinajstić information content (AvgIpc) is 2.59. The van der Waals surface area contributed by atoms with E-state index in [0.717, 1.165) is 25.7 Å². The molecule has 1 unspecified atom stereocenters. The Balaban J connectivity index is 3.65. The molecule has 0 aromatic carbocycles. The fraction of sp³-hybridized carbons (Fsp3) is 0.900. The molecule has 0 aliphatic heterocycles. The van der Waals surface area contributed by atoms with Crippen LogP contribution in [0.3, 0.4) is 0 Å². The Hall–Kier alpha value is -1.08. The molecule has 4 nitrogen and oxygen atoms in total. The van der Waals surface area contributed by atoms with Crippen LogP contribution in [0.2, 0.25) is 0 Å². The molecule has 0 aliphatic rings. The number of nitriles is 1. The normalized spacial score (nSPS) is 13.2. The van der Waals surface area contributed by atoms with Crippen LogP contribution < -0.4 is 0 Å². The predicted octanol–water partition coefficient (Wildman–Crippen LogP) is 5.29. The monoisotopic (exact) mass is 339 g/mol. The standard InChI is InChI=1S/C20H37NO3/c1-3-5-7-8-9-10-11-12-13-14-15-16-20(23,18-21)19(22)24-17-6-4-2/h23H,3-17H2,1-2H3. The molecular formula is C20H37NO3. The van der Waals surface area contributed by atoms with E-state index in [-0.39, 0.29) is 13.0 Å². The first-order valence-corrected chi connectivity index (χ1v) is 9.91. The van der Waals surface area contributed by atoms with Gasteiger partial charge in [0.2, 0.25) is 5.60 Å². The Morgan fingerprint density at radius 3 is 1.79 bits per heavy atom. The van der Waals surface area contributed by atoms with Crippen LogP contribution in [0, 0.1) is 11.3 Å². The fourth-order valence-corrected chi connectivity index (χ4v) is 2.68. The molecular weight excluding hydrogens is 302 g/mol. The second kappa shape index (κ2) is 15.4. The highest BCUT2D eigenvalue weighted by atomic mass is 16.5. The Bertz CT molecular complexity index is 351. The second-order valence-corrected chi connectivity index (χ2v) is 6.75. The number of carbonyl (C=O) groups is 1. The third-order valence-corrected chi connectivity index (χ3v) is 4.40. The molecule has 0 aliphatic carbocycles. The SMILES string of the molecule is CCCCCCCCCCCCCC(O)(C#N)C(=O)OCCCC. The summed E-state index contributed by atoms with van der Waals surface area (Å²) in [5.74, 6) is -0.787. The van der Waals surface area contributed by atoms with Gasteiger partial charge in [0.1, 0.15) is 6.07 Å². The van der Waals surface area contributed by atoms with E-state index >= 15 is 0 Å². The van der Waals surface area contributed by atoms with Crippen LogP contribution in [-0.4, -0.2) is 23.3 Å². The lowest BCUT2D eigenvalue weighted by atomic mass is 9.97. The molecule has 0 saturated carbocycles. The van der Waals surface area contributed by atoms with Gasteiger partial charge in [-0.15, -0.1) is 0 Å². The lowest BCUT2D eigenvalue weighted by Gasteiger charge is -2.18. The third-order valence-electron chi connectivity index (χ3n) is 4.40. The van der Waals surface area contributed by atoms with Gasteiger partial charge in [-0.1, -0.05) is 84.5 Å². The highest BCUT2D eigenvalue weighted by Gasteiger charge is 2.37. The minimum Gasteiger partial charge on any atom is -0.463 e. The van der Waals surface area contributed by atoms with Crippen LogP contribution in [0.15, 0.2) is 0 Å². The van der Waals surface area contributed by atoms with Gasteiger partial charge in [-0.25, -0.2) is 4.79 Å². The number of esters is 1. The highest BCUT2D eigenvalue weighted by molar-refractivity contribution is 5.82. The van der Waals surface area contributed by atoms with Crippen LogP contribution in [0.25, 0.3) is 0 Å². The lowest BCUT2D eigenvalue weighted by molar-refractivity contribution is -0.160. The van der Waals surface area contributed by atoms with Crippen LogP contribution >= 0.6 is 0 Å². The lowest BCUT2D eigenvalue weighted by Crippen LogP contribution is -2.38. The number of hydrogen-bond acceptors (Lipinski definition) is 4. The summed E-state index contributed by atoms with van der Waals surface area (Å²) >= 11 is 0. The van der Waals surface area contributed by atoms with Crippen molar-refractivity contribution in [1.82, 2.24) is 0 Å². The average molecular weight is 340 g/mol. The van der Waals surface area contributed by atoms with E-state index in [1.54, 1.807) is 6.07 Å². The molecule has 24 heavy (non-hydrogen) atoms. The van der Waals surface area contributed by atoms with Gasteiger partial charge in [-0.2, -0.15) is 5.26 Å². The van der Waals surface area contributed by atoms with E-state index in [1.165, 1.54) is 51.4 Å². The largest absolute Gasteiger partial charge is 0.463 e. The van der Waals surface area contributed by atoms with Crippen molar-refractivity contribution in [2.24, 2.45) is 0 Å². The van der Waals surface area contributed by atoms with Crippen LogP contribution in [0.4, 0.5) is 0 Å². The summed E-state index contributed by atoms with van der Waals surface area (Å²) < 4.78 is 4.98. The smallest absolute Gasteiger partial charge is 0.353 e. The molecule has 0 radical (unpaired) electrons. The van der Waals surface area contributed by atoms with Crippen molar-refractivity contribution in [3.05, 3.63) is 0 Å². The summed E-state index contributed by atoms with van der Waals surface area (Å²) in [5.41, 5.74) is -1.97. The molecule has 1 N–H and O–H groups in total. The number of aliphatic hydroxyl groups is 1. The number of rotatable bonds is 16. The van der Waals surface area contributed by atoms with Crippen LogP contribution in [-0.2, 0) is 9.53 Å². The summed E-state index contributed by atoms with van der Waals surface area (Å²) in [6.07, 6.45) is 15.0. The van der Waals surface area contributed by atoms with Crippen molar-refractivity contribution in [2.45, 2.75) is 109 Å². The van der Waals surface area contributed by atoms with E-state index in [4.69, 9.17) is 10.00 Å². The first-order chi connectivity index (χ1) is 11.6. The van der Waals surface area contributed by atoms with E-state index in [0.29, 0.717) is 6.42 Å². The van der Waals surface area contributed by atoms with Gasteiger partial charge >= 0.3 is 5.97 Å². The molecule has 4 heteroatoms. The summed E-state index contributed by atoms with van der Waals surface area (Å²) in [7, 11) is 0. The molecule has 0 bridgehead atoms. The minimum absolute atomic E-state index is 0.172. The van der Waals surface area contributed by atoms with Crippen molar-refractivity contribution < 1.29 is 14.6 Å². The fourth-order valence-electron chi connectivity index (χ4n) is 2.68. The van der Waals surface area contributed by atoms with E-state index in [9.17, 15) is 9.90 Å². The zero-order chi connectivity index (χ0) is 18.1. The number of nitrogens with zero attached hydrogens (tertiary/aromatic N) is 1. The van der Waals surface area contributed by atoms with Crippen molar-refractivity contribution in [3.63, 3.8) is 0 Å². The predicted molar refractivity (Wildman–Crippen MR) is 97.5 cm³/mol. The Labute approximate surface area is 148 Å². The molecule has 0 aromatic rings. The highest BCUT2D eigenvalue weighted by Crippen LogP contribution is 2.18. The summed E-state index contributed by atoms with van der Waals surface area (Å²) in [6.45, 7) is 4.51. The van der Waals surface area contributed by atoms with Gasteiger partial charge in [0.05, 0.1) is 6.61 Å². The molecule has 0 amide bonds. The number of hydrogen-bond donors (Lipinski definition) is 1. The van der Waals surface area contributed by atoms with Gasteiger partial charge in [0.25, 0.3) is 0 Å². The Kier molecular flexibility index (Phi) is 14.8. The van der Waals surface area contributed by atoms with Crippen molar-refractivity contribution in [2.75, 3.05) is 6.61 Å². The van der Waals surface area contributed by atoms with E-state index in [1.807, 2.05) is 6.92 Å². The Morgan fingerprint density at radius 2 is 1.33 bits per heavy atom. The van der Waals surface area contributed by atoms with Gasteiger partial charge in [-0.3, -0.25) is 0 Å². The molecule has 1 atom stereocenters. The molecule has 0 saturated heterocycles. The zero-order valence-electron chi connectivity index (χ0n) is 15.8. The zero-order valence-corrected chi connectivity index (χ0v) is 15.8. The minimum atomic E-state index is -1.97. The van der Waals surface area contributed by atoms with Crippen molar-refractivity contribution in [3.8, 4) is 6.07 Å². The molecule has 0 spiro atoms. The van der Waals surface area contributed by atoms with E-state index in [2.05, 4.69) is 6.92 Å². The summed E-state index contributed by atoms with van der Waals surface area (Å²) in [4.78, 5) is 11.8. The van der Waals surface area contributed by atoms with Crippen LogP contribution in [0.1, 0.15) is 104 Å². The van der Waals surface area contributed by atoms with Crippen molar-refractivity contribution in [1.29, 1.82) is 5.26 Å². The molecule has 0 aromatic heterocycles. The maximum atomic E-state index is 11.8. The van der Waals surface area contributed by atoms with E-state index < -0.39 is 11.6 Å². The van der Waals surface area contributed by atoms with Gasteiger partial charge in [0, 0.05) is 6.42 Å². The second-order valence-electron chi connectivity index (χ2n) is 6.75. The van der Waals surface area contributed by atoms with Gasteiger partial charge < -0.3 is 9.84 Å². The molecule has 140 valence electrons. The first kappa shape index (κ1) is 22.9. The topological polar surface area (TPSA) is 70.3 Å².